The molecule has 1 fully saturated rings. The third-order valence-corrected chi connectivity index (χ3v) is 3.61. The van der Waals surface area contributed by atoms with E-state index in [2.05, 4.69) is 10.6 Å². The predicted molar refractivity (Wildman–Crippen MR) is 68.6 cm³/mol. The second-order valence-corrected chi connectivity index (χ2v) is 5.24. The molecule has 0 aliphatic carbocycles. The van der Waals surface area contributed by atoms with Crippen LogP contribution in [-0.4, -0.2) is 19.0 Å². The molecule has 0 bridgehead atoms. The van der Waals surface area contributed by atoms with Gasteiger partial charge in [-0.1, -0.05) is 12.1 Å². The van der Waals surface area contributed by atoms with Crippen LogP contribution >= 0.6 is 0 Å². The highest BCUT2D eigenvalue weighted by Gasteiger charge is 2.36. The zero-order chi connectivity index (χ0) is 13.2. The van der Waals surface area contributed by atoms with Crippen molar-refractivity contribution < 1.29 is 9.18 Å². The Morgan fingerprint density at radius 1 is 1.56 bits per heavy atom. The van der Waals surface area contributed by atoms with Gasteiger partial charge in [-0.05, 0) is 44.5 Å². The molecule has 4 heteroatoms. The van der Waals surface area contributed by atoms with E-state index in [1.54, 1.807) is 6.07 Å². The molecule has 18 heavy (non-hydrogen) atoms. The summed E-state index contributed by atoms with van der Waals surface area (Å²) in [5.74, 6) is -0.244. The van der Waals surface area contributed by atoms with Crippen molar-refractivity contribution >= 4 is 5.91 Å². The van der Waals surface area contributed by atoms with Crippen LogP contribution in [0.5, 0.6) is 0 Å². The van der Waals surface area contributed by atoms with Gasteiger partial charge in [0.1, 0.15) is 5.82 Å². The normalized spacial score (nSPS) is 24.8. The van der Waals surface area contributed by atoms with Crippen LogP contribution in [-0.2, 0) is 4.79 Å². The summed E-state index contributed by atoms with van der Waals surface area (Å²) < 4.78 is 13.1. The first-order valence-corrected chi connectivity index (χ1v) is 6.28. The Bertz CT molecular complexity index is 441. The quantitative estimate of drug-likeness (QED) is 0.861. The Morgan fingerprint density at radius 2 is 2.33 bits per heavy atom. The van der Waals surface area contributed by atoms with Gasteiger partial charge in [-0.25, -0.2) is 4.39 Å². The number of benzene rings is 1. The predicted octanol–water partition coefficient (Wildman–Crippen LogP) is 2.00. The van der Waals surface area contributed by atoms with Gasteiger partial charge in [-0.3, -0.25) is 4.79 Å². The average molecular weight is 250 g/mol. The SMILES string of the molecule is C[C@H](NC(=O)C1(C)CCNC1)c1cccc(F)c1. The number of carbonyl (C=O) groups is 1. The van der Waals surface area contributed by atoms with Gasteiger partial charge in [-0.15, -0.1) is 0 Å². The first kappa shape index (κ1) is 13.0. The number of nitrogens with one attached hydrogen (secondary N) is 2. The monoisotopic (exact) mass is 250 g/mol. The number of hydrogen-bond donors (Lipinski definition) is 2. The molecular weight excluding hydrogens is 231 g/mol. The highest BCUT2D eigenvalue weighted by molar-refractivity contribution is 5.83. The molecule has 1 unspecified atom stereocenters. The van der Waals surface area contributed by atoms with Gasteiger partial charge >= 0.3 is 0 Å². The molecule has 1 saturated heterocycles. The lowest BCUT2D eigenvalue weighted by Gasteiger charge is -2.24. The second-order valence-electron chi connectivity index (χ2n) is 5.24. The van der Waals surface area contributed by atoms with Gasteiger partial charge in [0, 0.05) is 6.54 Å². The van der Waals surface area contributed by atoms with Crippen LogP contribution < -0.4 is 10.6 Å². The molecule has 0 spiro atoms. The molecule has 2 atom stereocenters. The molecule has 0 saturated carbocycles. The molecule has 1 aromatic rings. The topological polar surface area (TPSA) is 41.1 Å². The van der Waals surface area contributed by atoms with Gasteiger partial charge in [0.2, 0.25) is 5.91 Å². The molecule has 98 valence electrons. The van der Waals surface area contributed by atoms with Gasteiger partial charge in [0.05, 0.1) is 11.5 Å². The molecule has 0 aromatic heterocycles. The van der Waals surface area contributed by atoms with Crippen molar-refractivity contribution in [3.63, 3.8) is 0 Å². The van der Waals surface area contributed by atoms with Crippen molar-refractivity contribution in [3.05, 3.63) is 35.6 Å². The van der Waals surface area contributed by atoms with E-state index in [1.807, 2.05) is 19.9 Å². The molecule has 1 amide bonds. The van der Waals surface area contributed by atoms with Gasteiger partial charge in [0.25, 0.3) is 0 Å². The third-order valence-electron chi connectivity index (χ3n) is 3.61. The summed E-state index contributed by atoms with van der Waals surface area (Å²) in [6, 6.07) is 6.17. The smallest absolute Gasteiger partial charge is 0.227 e. The van der Waals surface area contributed by atoms with Crippen molar-refractivity contribution in [2.24, 2.45) is 5.41 Å². The lowest BCUT2D eigenvalue weighted by atomic mass is 9.88. The lowest BCUT2D eigenvalue weighted by molar-refractivity contribution is -0.129. The summed E-state index contributed by atoms with van der Waals surface area (Å²) in [5.41, 5.74) is 0.444. The molecule has 3 nitrogen and oxygen atoms in total. The Balaban J connectivity index is 2.03. The molecule has 1 aliphatic heterocycles. The number of amides is 1. The van der Waals surface area contributed by atoms with Crippen molar-refractivity contribution in [3.8, 4) is 0 Å². The van der Waals surface area contributed by atoms with Crippen LogP contribution in [0.1, 0.15) is 31.9 Å². The minimum Gasteiger partial charge on any atom is -0.349 e. The Kier molecular flexibility index (Phi) is 3.66. The fourth-order valence-electron chi connectivity index (χ4n) is 2.24. The van der Waals surface area contributed by atoms with Crippen LogP contribution in [0.2, 0.25) is 0 Å². The first-order valence-electron chi connectivity index (χ1n) is 6.28. The van der Waals surface area contributed by atoms with E-state index in [1.165, 1.54) is 12.1 Å². The minimum absolute atomic E-state index is 0.0317. The first-order chi connectivity index (χ1) is 8.51. The number of halogens is 1. The highest BCUT2D eigenvalue weighted by Crippen LogP contribution is 2.26. The van der Waals surface area contributed by atoms with Gasteiger partial charge < -0.3 is 10.6 Å². The van der Waals surface area contributed by atoms with E-state index in [4.69, 9.17) is 0 Å². The lowest BCUT2D eigenvalue weighted by Crippen LogP contribution is -2.41. The van der Waals surface area contributed by atoms with Crippen molar-refractivity contribution in [1.29, 1.82) is 0 Å². The average Bonchev–Trinajstić information content (AvgIpc) is 2.77. The van der Waals surface area contributed by atoms with Crippen LogP contribution in [0.25, 0.3) is 0 Å². The van der Waals surface area contributed by atoms with E-state index in [-0.39, 0.29) is 23.2 Å². The van der Waals surface area contributed by atoms with E-state index in [0.717, 1.165) is 18.5 Å². The van der Waals surface area contributed by atoms with Crippen LogP contribution in [0.3, 0.4) is 0 Å². The number of hydrogen-bond acceptors (Lipinski definition) is 2. The van der Waals surface area contributed by atoms with Crippen molar-refractivity contribution in [1.82, 2.24) is 10.6 Å². The molecule has 2 rings (SSSR count). The minimum atomic E-state index is -0.346. The zero-order valence-electron chi connectivity index (χ0n) is 10.8. The Labute approximate surface area is 107 Å². The maximum absolute atomic E-state index is 13.1. The maximum Gasteiger partial charge on any atom is 0.227 e. The summed E-state index contributed by atoms with van der Waals surface area (Å²) in [6.07, 6.45) is 0.842. The third kappa shape index (κ3) is 2.70. The largest absolute Gasteiger partial charge is 0.349 e. The number of rotatable bonds is 3. The summed E-state index contributed by atoms with van der Waals surface area (Å²) in [7, 11) is 0. The molecule has 0 radical (unpaired) electrons. The Morgan fingerprint density at radius 3 is 2.94 bits per heavy atom. The number of carbonyl (C=O) groups excluding carboxylic acids is 1. The van der Waals surface area contributed by atoms with Crippen molar-refractivity contribution in [2.75, 3.05) is 13.1 Å². The summed E-state index contributed by atoms with van der Waals surface area (Å²) >= 11 is 0. The molecule has 2 N–H and O–H groups in total. The van der Waals surface area contributed by atoms with Gasteiger partial charge in [0.15, 0.2) is 0 Å². The molecular formula is C14H19FN2O. The van der Waals surface area contributed by atoms with Crippen LogP contribution in [0.4, 0.5) is 4.39 Å². The summed E-state index contributed by atoms with van der Waals surface area (Å²) in [6.45, 7) is 5.41. The van der Waals surface area contributed by atoms with Crippen LogP contribution in [0, 0.1) is 11.2 Å². The van der Waals surface area contributed by atoms with E-state index in [9.17, 15) is 9.18 Å². The van der Waals surface area contributed by atoms with Crippen LogP contribution in [0.15, 0.2) is 24.3 Å². The molecule has 1 aliphatic rings. The van der Waals surface area contributed by atoms with E-state index < -0.39 is 0 Å². The Hall–Kier alpha value is -1.42. The summed E-state index contributed by atoms with van der Waals surface area (Å²) in [5, 5.41) is 6.16. The second kappa shape index (κ2) is 5.06. The van der Waals surface area contributed by atoms with Gasteiger partial charge in [-0.2, -0.15) is 0 Å². The van der Waals surface area contributed by atoms with Crippen molar-refractivity contribution in [2.45, 2.75) is 26.3 Å². The fourth-order valence-corrected chi connectivity index (χ4v) is 2.24. The maximum atomic E-state index is 13.1. The standard InChI is InChI=1S/C14H19FN2O/c1-10(11-4-3-5-12(15)8-11)17-13(18)14(2)6-7-16-9-14/h3-5,8,10,16H,6-7,9H2,1-2H3,(H,17,18)/t10-,14?/m0/s1. The molecule has 1 aromatic carbocycles. The van der Waals surface area contributed by atoms with E-state index >= 15 is 0 Å². The summed E-state index contributed by atoms with van der Waals surface area (Å²) in [4.78, 5) is 12.2. The van der Waals surface area contributed by atoms with E-state index in [0.29, 0.717) is 6.54 Å². The molecule has 1 heterocycles. The zero-order valence-corrected chi connectivity index (χ0v) is 10.8. The fraction of sp³-hybridized carbons (Fsp3) is 0.500. The highest BCUT2D eigenvalue weighted by atomic mass is 19.1.